The Morgan fingerprint density at radius 2 is 1.95 bits per heavy atom. The van der Waals surface area contributed by atoms with Gasteiger partial charge in [0, 0.05) is 35.0 Å². The monoisotopic (exact) mass is 626 g/mol. The van der Waals surface area contributed by atoms with Gasteiger partial charge in [-0.15, -0.1) is 0 Å². The van der Waals surface area contributed by atoms with Crippen molar-refractivity contribution in [2.45, 2.75) is 41.3 Å². The number of nitrogens with one attached hydrogen (secondary N) is 1. The molecule has 0 radical (unpaired) electrons. The number of rotatable bonds is 4. The number of aromatic nitrogens is 2. The molecule has 4 heterocycles. The van der Waals surface area contributed by atoms with Gasteiger partial charge < -0.3 is 10.1 Å². The van der Waals surface area contributed by atoms with E-state index in [2.05, 4.69) is 10.2 Å². The molecule has 2 fully saturated rings. The van der Waals surface area contributed by atoms with Crippen molar-refractivity contribution in [2.75, 3.05) is 24.7 Å². The SMILES string of the molecule is CS(=O)(=O)c1ccc2c3n(nc2c1)[C@@H]1[C@H](CO3)N(CC2CC2)[C@@]2(C(=O)Nc3cc(Cl)ccc32)[C@H]1c1cccc(Cl)c1F. The smallest absolute Gasteiger partial charge is 0.250 e. The lowest BCUT2D eigenvalue weighted by molar-refractivity contribution is -0.128. The number of halogens is 3. The number of fused-ring (bicyclic) bond motifs is 7. The van der Waals surface area contributed by atoms with Gasteiger partial charge in [0.05, 0.1) is 32.9 Å². The fourth-order valence-electron chi connectivity index (χ4n) is 7.30. The van der Waals surface area contributed by atoms with Crippen LogP contribution in [0.15, 0.2) is 59.5 Å². The Balaban J connectivity index is 1.43. The van der Waals surface area contributed by atoms with Gasteiger partial charge in [-0.25, -0.2) is 17.5 Å². The van der Waals surface area contributed by atoms with Crippen molar-refractivity contribution in [3.63, 3.8) is 0 Å². The van der Waals surface area contributed by atoms with Crippen LogP contribution in [-0.2, 0) is 20.2 Å². The highest BCUT2D eigenvalue weighted by molar-refractivity contribution is 7.90. The quantitative estimate of drug-likeness (QED) is 0.319. The Kier molecular flexibility index (Phi) is 5.62. The molecule has 4 aliphatic rings. The van der Waals surface area contributed by atoms with Crippen molar-refractivity contribution < 1.29 is 22.3 Å². The molecule has 1 aliphatic carbocycles. The predicted molar refractivity (Wildman–Crippen MR) is 157 cm³/mol. The van der Waals surface area contributed by atoms with Crippen molar-refractivity contribution in [3.8, 4) is 5.88 Å². The maximum Gasteiger partial charge on any atom is 0.250 e. The molecule has 1 amide bonds. The number of nitrogens with zero attached hydrogens (tertiary/aromatic N) is 3. The topological polar surface area (TPSA) is 93.5 Å². The molecule has 1 N–H and O–H groups in total. The van der Waals surface area contributed by atoms with Crippen LogP contribution < -0.4 is 10.1 Å². The summed E-state index contributed by atoms with van der Waals surface area (Å²) < 4.78 is 48.9. The average Bonchev–Trinajstić information content (AvgIpc) is 3.53. The highest BCUT2D eigenvalue weighted by Crippen LogP contribution is 2.63. The van der Waals surface area contributed by atoms with E-state index < -0.39 is 33.2 Å². The molecule has 3 aliphatic heterocycles. The van der Waals surface area contributed by atoms with Crippen molar-refractivity contribution in [1.82, 2.24) is 14.7 Å². The lowest BCUT2D eigenvalue weighted by Crippen LogP contribution is -2.54. The second-order valence-corrected chi connectivity index (χ2v) is 14.6. The largest absolute Gasteiger partial charge is 0.476 e. The molecule has 1 spiro atoms. The van der Waals surface area contributed by atoms with Crippen molar-refractivity contribution in [1.29, 1.82) is 0 Å². The fraction of sp³-hybridized carbons (Fsp3) is 0.333. The maximum atomic E-state index is 16.2. The first-order valence-electron chi connectivity index (χ1n) is 13.8. The number of likely N-dealkylation sites (tertiary alicyclic amines) is 1. The minimum absolute atomic E-state index is 0.0368. The van der Waals surface area contributed by atoms with Crippen LogP contribution >= 0.6 is 23.2 Å². The summed E-state index contributed by atoms with van der Waals surface area (Å²) in [6, 6.07) is 14.1. The highest BCUT2D eigenvalue weighted by Gasteiger charge is 2.69. The molecule has 1 aromatic heterocycles. The van der Waals surface area contributed by atoms with E-state index in [0.29, 0.717) is 51.1 Å². The van der Waals surface area contributed by atoms with E-state index in [9.17, 15) is 13.2 Å². The van der Waals surface area contributed by atoms with Crippen molar-refractivity contribution in [2.24, 2.45) is 5.92 Å². The summed E-state index contributed by atoms with van der Waals surface area (Å²) in [6.45, 7) is 0.857. The van der Waals surface area contributed by atoms with Crippen LogP contribution in [0.25, 0.3) is 10.9 Å². The van der Waals surface area contributed by atoms with Crippen LogP contribution in [0.5, 0.6) is 5.88 Å². The summed E-state index contributed by atoms with van der Waals surface area (Å²) in [7, 11) is -3.48. The first kappa shape index (κ1) is 26.4. The molecule has 0 bridgehead atoms. The minimum Gasteiger partial charge on any atom is -0.476 e. The van der Waals surface area contributed by atoms with E-state index in [4.69, 9.17) is 33.0 Å². The molecule has 3 aromatic carbocycles. The summed E-state index contributed by atoms with van der Waals surface area (Å²) in [5.41, 5.74) is 0.747. The predicted octanol–water partition coefficient (Wildman–Crippen LogP) is 5.54. The van der Waals surface area contributed by atoms with E-state index in [0.717, 1.165) is 19.1 Å². The van der Waals surface area contributed by atoms with E-state index in [-0.39, 0.29) is 28.5 Å². The zero-order valence-electron chi connectivity index (χ0n) is 22.4. The van der Waals surface area contributed by atoms with Crippen LogP contribution in [0, 0.1) is 11.7 Å². The fourth-order valence-corrected chi connectivity index (χ4v) is 8.30. The molecule has 4 atom stereocenters. The second-order valence-electron chi connectivity index (χ2n) is 11.7. The third kappa shape index (κ3) is 3.58. The Bertz CT molecular complexity index is 1940. The molecule has 0 unspecified atom stereocenters. The number of hydrogen-bond donors (Lipinski definition) is 1. The second kappa shape index (κ2) is 8.92. The third-order valence-corrected chi connectivity index (χ3v) is 10.9. The molecule has 216 valence electrons. The van der Waals surface area contributed by atoms with E-state index in [1.165, 1.54) is 18.2 Å². The first-order chi connectivity index (χ1) is 20.1. The van der Waals surface area contributed by atoms with Crippen molar-refractivity contribution in [3.05, 3.63) is 81.6 Å². The first-order valence-corrected chi connectivity index (χ1v) is 16.4. The molecular weight excluding hydrogens is 602 g/mol. The lowest BCUT2D eigenvalue weighted by atomic mass is 9.73. The number of benzene rings is 3. The minimum atomic E-state index is -3.48. The summed E-state index contributed by atoms with van der Waals surface area (Å²) in [5.74, 6) is -0.762. The van der Waals surface area contributed by atoms with Gasteiger partial charge in [-0.1, -0.05) is 41.4 Å². The average molecular weight is 628 g/mol. The molecule has 8 rings (SSSR count). The molecule has 1 saturated carbocycles. The van der Waals surface area contributed by atoms with Crippen LogP contribution in [0.4, 0.5) is 10.1 Å². The van der Waals surface area contributed by atoms with Crippen LogP contribution in [0.2, 0.25) is 10.0 Å². The zero-order valence-corrected chi connectivity index (χ0v) is 24.7. The Hall–Kier alpha value is -3.18. The zero-order chi connectivity index (χ0) is 29.1. The molecule has 8 nitrogen and oxygen atoms in total. The number of amides is 1. The van der Waals surface area contributed by atoms with E-state index in [1.54, 1.807) is 35.0 Å². The van der Waals surface area contributed by atoms with Crippen LogP contribution in [0.3, 0.4) is 0 Å². The molecule has 1 saturated heterocycles. The number of hydrogen-bond acceptors (Lipinski definition) is 6. The molecule has 4 aromatic rings. The van der Waals surface area contributed by atoms with E-state index >= 15 is 4.39 Å². The summed E-state index contributed by atoms with van der Waals surface area (Å²) in [6.07, 6.45) is 3.23. The molecular formula is C30H25Cl2FN4O4S. The molecule has 42 heavy (non-hydrogen) atoms. The van der Waals surface area contributed by atoms with Crippen LogP contribution in [-0.4, -0.2) is 54.5 Å². The lowest BCUT2D eigenvalue weighted by Gasteiger charge is -2.39. The van der Waals surface area contributed by atoms with E-state index in [1.807, 2.05) is 6.07 Å². The summed E-state index contributed by atoms with van der Waals surface area (Å²) >= 11 is 12.7. The van der Waals surface area contributed by atoms with Gasteiger partial charge in [-0.05, 0) is 60.7 Å². The molecule has 12 heteroatoms. The van der Waals surface area contributed by atoms with Gasteiger partial charge >= 0.3 is 0 Å². The van der Waals surface area contributed by atoms with Gasteiger partial charge in [0.1, 0.15) is 18.0 Å². The standard InChI is InChI=1S/C30H25Cl2FN4O4S/c1-42(39,40)17-8-9-18-22(12-17)35-37-27-24(14-41-28(18)37)36(13-15-5-6-15)30(25(27)19-3-2-4-21(32)26(19)33)20-10-7-16(31)11-23(20)34-29(30)38/h2-4,7-12,15,24-25,27H,5-6,13-14H2,1H3,(H,34,38)/t24-,25-,27+,30+/m0/s1. The normalized spacial score (nSPS) is 26.7. The highest BCUT2D eigenvalue weighted by atomic mass is 35.5. The third-order valence-electron chi connectivity index (χ3n) is 9.22. The Labute approximate surface area is 251 Å². The number of sulfone groups is 1. The summed E-state index contributed by atoms with van der Waals surface area (Å²) in [5, 5.41) is 9.01. The Morgan fingerprint density at radius 1 is 1.14 bits per heavy atom. The van der Waals surface area contributed by atoms with Gasteiger partial charge in [-0.2, -0.15) is 5.10 Å². The number of carbonyl (C=O) groups excluding carboxylic acids is 1. The number of anilines is 1. The van der Waals surface area contributed by atoms with Crippen LogP contribution in [0.1, 0.15) is 35.9 Å². The van der Waals surface area contributed by atoms with Gasteiger partial charge in [-0.3, -0.25) is 9.69 Å². The van der Waals surface area contributed by atoms with Gasteiger partial charge in [0.2, 0.25) is 11.8 Å². The van der Waals surface area contributed by atoms with Crippen molar-refractivity contribution >= 4 is 55.5 Å². The maximum absolute atomic E-state index is 16.2. The summed E-state index contributed by atoms with van der Waals surface area (Å²) in [4.78, 5) is 16.8. The van der Waals surface area contributed by atoms with Gasteiger partial charge in [0.15, 0.2) is 9.84 Å². The Morgan fingerprint density at radius 3 is 2.71 bits per heavy atom. The van der Waals surface area contributed by atoms with Gasteiger partial charge in [0.25, 0.3) is 0 Å². The number of carbonyl (C=O) groups is 1. The number of ether oxygens (including phenoxy) is 1.